The van der Waals surface area contributed by atoms with Gasteiger partial charge in [0.25, 0.3) is 0 Å². The lowest BCUT2D eigenvalue weighted by atomic mass is 10.1. The maximum absolute atomic E-state index is 2.65. The van der Waals surface area contributed by atoms with E-state index in [0.717, 1.165) is 19.1 Å². The molecule has 2 aliphatic rings. The summed E-state index contributed by atoms with van der Waals surface area (Å²) in [6.07, 6.45) is 2.73. The average molecular weight is 246 g/mol. The molecule has 0 spiro atoms. The third-order valence-electron chi connectivity index (χ3n) is 3.98. The van der Waals surface area contributed by atoms with Gasteiger partial charge in [-0.1, -0.05) is 38.1 Å². The number of rotatable bonds is 1. The first-order valence-electron chi connectivity index (χ1n) is 7.32. The van der Waals surface area contributed by atoms with E-state index >= 15 is 0 Å². The van der Waals surface area contributed by atoms with E-state index in [0.29, 0.717) is 0 Å². The maximum Gasteiger partial charge on any atom is 0.0244 e. The molecule has 1 atom stereocenters. The molecule has 1 aromatic rings. The van der Waals surface area contributed by atoms with E-state index in [4.69, 9.17) is 0 Å². The van der Waals surface area contributed by atoms with Crippen molar-refractivity contribution in [1.82, 2.24) is 9.80 Å². The molecule has 1 saturated heterocycles. The number of hydrogen-bond donors (Lipinski definition) is 0. The molecule has 0 saturated carbocycles. The Morgan fingerprint density at radius 2 is 1.67 bits per heavy atom. The van der Waals surface area contributed by atoms with Gasteiger partial charge >= 0.3 is 0 Å². The molecule has 1 unspecified atom stereocenters. The van der Waals surface area contributed by atoms with E-state index in [1.54, 1.807) is 0 Å². The second-order valence-electron chi connectivity index (χ2n) is 5.23. The van der Waals surface area contributed by atoms with Gasteiger partial charge in [0.2, 0.25) is 0 Å². The summed E-state index contributed by atoms with van der Waals surface area (Å²) < 4.78 is 0. The van der Waals surface area contributed by atoms with Gasteiger partial charge < -0.3 is 4.90 Å². The van der Waals surface area contributed by atoms with Gasteiger partial charge in [-0.3, -0.25) is 4.90 Å². The Bertz CT molecular complexity index is 350. The van der Waals surface area contributed by atoms with Crippen molar-refractivity contribution in [2.24, 2.45) is 0 Å². The van der Waals surface area contributed by atoms with Crippen molar-refractivity contribution < 1.29 is 0 Å². The van der Waals surface area contributed by atoms with E-state index in [2.05, 4.69) is 41.1 Å². The summed E-state index contributed by atoms with van der Waals surface area (Å²) in [5.74, 6) is 0. The molecule has 3 rings (SSSR count). The summed E-state index contributed by atoms with van der Waals surface area (Å²) in [7, 11) is 2.25. The zero-order valence-electron chi connectivity index (χ0n) is 12.0. The number of nitrogens with zero attached hydrogens (tertiary/aromatic N) is 2. The van der Waals surface area contributed by atoms with Crippen molar-refractivity contribution in [3.63, 3.8) is 0 Å². The van der Waals surface area contributed by atoms with Gasteiger partial charge in [0, 0.05) is 25.7 Å². The highest BCUT2D eigenvalue weighted by Crippen LogP contribution is 2.27. The molecular formula is C16H26N2. The smallest absolute Gasteiger partial charge is 0.0244 e. The lowest BCUT2D eigenvalue weighted by Gasteiger charge is -2.35. The Morgan fingerprint density at radius 3 is 2.22 bits per heavy atom. The minimum absolute atomic E-state index is 0.770. The Hall–Kier alpha value is -0.860. The second-order valence-corrected chi connectivity index (χ2v) is 5.23. The SMILES string of the molecule is CC.CN1CCCC(N2Cc3ccccc3C2)C1. The predicted molar refractivity (Wildman–Crippen MR) is 77.6 cm³/mol. The Morgan fingerprint density at radius 1 is 1.06 bits per heavy atom. The van der Waals surface area contributed by atoms with E-state index in [1.165, 1.54) is 37.1 Å². The van der Waals surface area contributed by atoms with Gasteiger partial charge in [0.1, 0.15) is 0 Å². The number of likely N-dealkylation sites (N-methyl/N-ethyl adjacent to an activating group) is 1. The molecule has 0 bridgehead atoms. The summed E-state index contributed by atoms with van der Waals surface area (Å²) in [4.78, 5) is 5.12. The van der Waals surface area contributed by atoms with E-state index in [-0.39, 0.29) is 0 Å². The zero-order chi connectivity index (χ0) is 13.0. The third kappa shape index (κ3) is 2.93. The van der Waals surface area contributed by atoms with Gasteiger partial charge in [0.15, 0.2) is 0 Å². The molecule has 2 heterocycles. The first-order chi connectivity index (χ1) is 8.83. The van der Waals surface area contributed by atoms with Gasteiger partial charge in [0.05, 0.1) is 0 Å². The van der Waals surface area contributed by atoms with Crippen LogP contribution in [-0.4, -0.2) is 36.0 Å². The van der Waals surface area contributed by atoms with Gasteiger partial charge in [-0.05, 0) is 37.6 Å². The lowest BCUT2D eigenvalue weighted by Crippen LogP contribution is -2.44. The van der Waals surface area contributed by atoms with E-state index in [9.17, 15) is 0 Å². The van der Waals surface area contributed by atoms with Crippen LogP contribution in [0.1, 0.15) is 37.8 Å². The molecule has 1 fully saturated rings. The maximum atomic E-state index is 2.65. The van der Waals surface area contributed by atoms with Crippen molar-refractivity contribution in [2.75, 3.05) is 20.1 Å². The fraction of sp³-hybridized carbons (Fsp3) is 0.625. The normalized spacial score (nSPS) is 24.3. The van der Waals surface area contributed by atoms with Crippen LogP contribution < -0.4 is 0 Å². The fourth-order valence-electron chi connectivity index (χ4n) is 3.05. The van der Waals surface area contributed by atoms with Crippen LogP contribution in [-0.2, 0) is 13.1 Å². The average Bonchev–Trinajstić information content (AvgIpc) is 2.85. The van der Waals surface area contributed by atoms with Gasteiger partial charge in [-0.15, -0.1) is 0 Å². The van der Waals surface area contributed by atoms with E-state index < -0.39 is 0 Å². The van der Waals surface area contributed by atoms with Gasteiger partial charge in [-0.25, -0.2) is 0 Å². The van der Waals surface area contributed by atoms with Crippen LogP contribution in [0.25, 0.3) is 0 Å². The number of likely N-dealkylation sites (tertiary alicyclic amines) is 1. The molecule has 100 valence electrons. The van der Waals surface area contributed by atoms with Gasteiger partial charge in [-0.2, -0.15) is 0 Å². The summed E-state index contributed by atoms with van der Waals surface area (Å²) in [5, 5.41) is 0. The summed E-state index contributed by atoms with van der Waals surface area (Å²) >= 11 is 0. The van der Waals surface area contributed by atoms with Crippen LogP contribution >= 0.6 is 0 Å². The Balaban J connectivity index is 0.000000574. The van der Waals surface area contributed by atoms with Crippen molar-refractivity contribution in [2.45, 2.75) is 45.8 Å². The molecule has 2 heteroatoms. The second kappa shape index (κ2) is 6.35. The van der Waals surface area contributed by atoms with Crippen LogP contribution in [0.4, 0.5) is 0 Å². The molecular weight excluding hydrogens is 220 g/mol. The van der Waals surface area contributed by atoms with Crippen molar-refractivity contribution >= 4 is 0 Å². The van der Waals surface area contributed by atoms with Crippen LogP contribution in [0, 0.1) is 0 Å². The summed E-state index contributed by atoms with van der Waals surface area (Å²) in [6.45, 7) is 8.84. The molecule has 0 aromatic heterocycles. The fourth-order valence-corrected chi connectivity index (χ4v) is 3.05. The number of benzene rings is 1. The first-order valence-corrected chi connectivity index (χ1v) is 7.32. The summed E-state index contributed by atoms with van der Waals surface area (Å²) in [5.41, 5.74) is 3.08. The van der Waals surface area contributed by atoms with Crippen LogP contribution in [0.15, 0.2) is 24.3 Å². The lowest BCUT2D eigenvalue weighted by molar-refractivity contribution is 0.111. The van der Waals surface area contributed by atoms with Crippen molar-refractivity contribution in [1.29, 1.82) is 0 Å². The summed E-state index contributed by atoms with van der Waals surface area (Å²) in [6, 6.07) is 9.65. The highest BCUT2D eigenvalue weighted by atomic mass is 15.2. The van der Waals surface area contributed by atoms with Crippen molar-refractivity contribution in [3.05, 3.63) is 35.4 Å². The van der Waals surface area contributed by atoms with Crippen LogP contribution in [0.2, 0.25) is 0 Å². The molecule has 2 nitrogen and oxygen atoms in total. The molecule has 0 amide bonds. The van der Waals surface area contributed by atoms with Crippen LogP contribution in [0.3, 0.4) is 0 Å². The highest BCUT2D eigenvalue weighted by molar-refractivity contribution is 5.30. The molecule has 0 radical (unpaired) electrons. The predicted octanol–water partition coefficient (Wildman–Crippen LogP) is 3.12. The molecule has 0 N–H and O–H groups in total. The van der Waals surface area contributed by atoms with E-state index in [1.807, 2.05) is 13.8 Å². The number of fused-ring (bicyclic) bond motifs is 1. The number of piperidine rings is 1. The Kier molecular flexibility index (Phi) is 4.79. The molecule has 1 aromatic carbocycles. The third-order valence-corrected chi connectivity index (χ3v) is 3.98. The molecule has 2 aliphatic heterocycles. The molecule has 18 heavy (non-hydrogen) atoms. The molecule has 0 aliphatic carbocycles. The zero-order valence-corrected chi connectivity index (χ0v) is 12.0. The minimum atomic E-state index is 0.770. The monoisotopic (exact) mass is 246 g/mol. The highest BCUT2D eigenvalue weighted by Gasteiger charge is 2.27. The number of hydrogen-bond acceptors (Lipinski definition) is 2. The standard InChI is InChI=1S/C14H20N2.C2H6/c1-15-8-4-7-14(11-15)16-9-12-5-2-3-6-13(12)10-16;1-2/h2-3,5-6,14H,4,7-11H2,1H3;1-2H3. The topological polar surface area (TPSA) is 6.48 Å². The minimum Gasteiger partial charge on any atom is -0.305 e. The quantitative estimate of drug-likeness (QED) is 0.751. The van der Waals surface area contributed by atoms with Crippen LogP contribution in [0.5, 0.6) is 0 Å². The first kappa shape index (κ1) is 13.6. The largest absolute Gasteiger partial charge is 0.305 e. The Labute approximate surface area is 112 Å². The van der Waals surface area contributed by atoms with Crippen molar-refractivity contribution in [3.8, 4) is 0 Å².